The van der Waals surface area contributed by atoms with Crippen LogP contribution in [-0.2, 0) is 10.3 Å². The first-order valence-corrected chi connectivity index (χ1v) is 5.41. The van der Waals surface area contributed by atoms with Gasteiger partial charge in [-0.1, -0.05) is 29.4 Å². The molecule has 4 nitrogen and oxygen atoms in total. The second-order valence-electron chi connectivity index (χ2n) is 4.41. The molecule has 0 radical (unpaired) electrons. The van der Waals surface area contributed by atoms with Gasteiger partial charge in [0.1, 0.15) is 0 Å². The fourth-order valence-corrected chi connectivity index (χ4v) is 1.58. The van der Waals surface area contributed by atoms with Crippen LogP contribution in [0, 0.1) is 0 Å². The Balaban J connectivity index is 2.30. The molecule has 0 saturated heterocycles. The molecule has 0 spiro atoms. The zero-order valence-corrected chi connectivity index (χ0v) is 10.2. The molecule has 0 unspecified atom stereocenters. The Morgan fingerprint density at radius 1 is 1.24 bits per heavy atom. The van der Waals surface area contributed by atoms with Crippen LogP contribution in [0.25, 0.3) is 11.3 Å². The van der Waals surface area contributed by atoms with Gasteiger partial charge in [-0.3, -0.25) is 0 Å². The summed E-state index contributed by atoms with van der Waals surface area (Å²) in [7, 11) is 1.70. The Labute approximate surface area is 100 Å². The Morgan fingerprint density at radius 3 is 2.35 bits per heavy atom. The highest BCUT2D eigenvalue weighted by molar-refractivity contribution is 5.60. The van der Waals surface area contributed by atoms with E-state index < -0.39 is 0 Å². The Kier molecular flexibility index (Phi) is 2.90. The molecule has 1 aromatic carbocycles. The van der Waals surface area contributed by atoms with Gasteiger partial charge in [0, 0.05) is 18.7 Å². The summed E-state index contributed by atoms with van der Waals surface area (Å²) in [6.45, 7) is 4.04. The van der Waals surface area contributed by atoms with Gasteiger partial charge in [-0.15, -0.1) is 0 Å². The molecule has 0 saturated carbocycles. The van der Waals surface area contributed by atoms with E-state index in [0.717, 1.165) is 11.1 Å². The van der Waals surface area contributed by atoms with Crippen LogP contribution in [0.4, 0.5) is 5.82 Å². The van der Waals surface area contributed by atoms with Crippen molar-refractivity contribution in [3.05, 3.63) is 35.9 Å². The maximum absolute atomic E-state index is 5.51. The number of anilines is 1. The monoisotopic (exact) mass is 232 g/mol. The SMILES string of the molecule is COC(C)(C)c1ccc(-c2cc(N)no2)cc1. The number of rotatable bonds is 3. The third-order valence-corrected chi connectivity index (χ3v) is 2.90. The Hall–Kier alpha value is -1.81. The maximum atomic E-state index is 5.51. The van der Waals surface area contributed by atoms with E-state index in [4.69, 9.17) is 15.0 Å². The summed E-state index contributed by atoms with van der Waals surface area (Å²) in [6, 6.07) is 9.66. The highest BCUT2D eigenvalue weighted by Gasteiger charge is 2.19. The quantitative estimate of drug-likeness (QED) is 0.883. The molecule has 0 fully saturated rings. The van der Waals surface area contributed by atoms with Crippen molar-refractivity contribution < 1.29 is 9.26 Å². The van der Waals surface area contributed by atoms with Gasteiger partial charge < -0.3 is 15.0 Å². The van der Waals surface area contributed by atoms with Crippen LogP contribution in [0.1, 0.15) is 19.4 Å². The zero-order chi connectivity index (χ0) is 12.5. The third kappa shape index (κ3) is 2.31. The predicted molar refractivity (Wildman–Crippen MR) is 66.4 cm³/mol. The van der Waals surface area contributed by atoms with E-state index in [1.54, 1.807) is 13.2 Å². The highest BCUT2D eigenvalue weighted by atomic mass is 16.5. The van der Waals surface area contributed by atoms with Crippen molar-refractivity contribution in [2.75, 3.05) is 12.8 Å². The fourth-order valence-electron chi connectivity index (χ4n) is 1.58. The second kappa shape index (κ2) is 4.22. The number of aromatic nitrogens is 1. The largest absolute Gasteiger partial charge is 0.381 e. The second-order valence-corrected chi connectivity index (χ2v) is 4.41. The number of methoxy groups -OCH3 is 1. The van der Waals surface area contributed by atoms with Crippen molar-refractivity contribution in [1.29, 1.82) is 0 Å². The van der Waals surface area contributed by atoms with Crippen LogP contribution in [0.2, 0.25) is 0 Å². The van der Waals surface area contributed by atoms with E-state index in [2.05, 4.69) is 5.16 Å². The molecule has 90 valence electrons. The van der Waals surface area contributed by atoms with Gasteiger partial charge in [-0.25, -0.2) is 0 Å². The van der Waals surface area contributed by atoms with E-state index in [1.165, 1.54) is 0 Å². The van der Waals surface area contributed by atoms with E-state index >= 15 is 0 Å². The van der Waals surface area contributed by atoms with E-state index in [1.807, 2.05) is 38.1 Å². The maximum Gasteiger partial charge on any atom is 0.169 e. The Bertz CT molecular complexity index is 500. The summed E-state index contributed by atoms with van der Waals surface area (Å²) >= 11 is 0. The average Bonchev–Trinajstić information content (AvgIpc) is 2.76. The van der Waals surface area contributed by atoms with Gasteiger partial charge in [-0.2, -0.15) is 0 Å². The molecule has 0 aliphatic heterocycles. The van der Waals surface area contributed by atoms with Crippen molar-refractivity contribution in [1.82, 2.24) is 5.16 Å². The van der Waals surface area contributed by atoms with Gasteiger partial charge in [0.15, 0.2) is 11.6 Å². The minimum atomic E-state index is -0.293. The molecule has 0 aliphatic rings. The predicted octanol–water partition coefficient (Wildman–Crippen LogP) is 2.81. The van der Waals surface area contributed by atoms with Gasteiger partial charge in [0.2, 0.25) is 0 Å². The van der Waals surface area contributed by atoms with Crippen molar-refractivity contribution in [3.8, 4) is 11.3 Å². The molecule has 2 aromatic rings. The summed E-state index contributed by atoms with van der Waals surface area (Å²) in [4.78, 5) is 0. The van der Waals surface area contributed by atoms with Gasteiger partial charge in [0.05, 0.1) is 5.60 Å². The van der Waals surface area contributed by atoms with Gasteiger partial charge in [0.25, 0.3) is 0 Å². The van der Waals surface area contributed by atoms with Crippen LogP contribution in [-0.4, -0.2) is 12.3 Å². The van der Waals surface area contributed by atoms with Crippen LogP contribution >= 0.6 is 0 Å². The van der Waals surface area contributed by atoms with Crippen LogP contribution in [0.3, 0.4) is 0 Å². The fraction of sp³-hybridized carbons (Fsp3) is 0.308. The molecule has 2 rings (SSSR count). The molecule has 1 heterocycles. The summed E-state index contributed by atoms with van der Waals surface area (Å²) in [5.74, 6) is 1.06. The van der Waals surface area contributed by atoms with Gasteiger partial charge in [-0.05, 0) is 19.4 Å². The zero-order valence-electron chi connectivity index (χ0n) is 10.2. The third-order valence-electron chi connectivity index (χ3n) is 2.90. The molecule has 0 amide bonds. The first-order chi connectivity index (χ1) is 8.03. The van der Waals surface area contributed by atoms with Crippen LogP contribution < -0.4 is 5.73 Å². The van der Waals surface area contributed by atoms with E-state index in [-0.39, 0.29) is 5.60 Å². The number of nitrogens with two attached hydrogens (primary N) is 1. The number of hydrogen-bond acceptors (Lipinski definition) is 4. The normalized spacial score (nSPS) is 11.7. The molecule has 0 bridgehead atoms. The molecule has 17 heavy (non-hydrogen) atoms. The number of benzene rings is 1. The van der Waals surface area contributed by atoms with Crippen molar-refractivity contribution in [2.45, 2.75) is 19.4 Å². The van der Waals surface area contributed by atoms with Crippen molar-refractivity contribution in [2.24, 2.45) is 0 Å². The highest BCUT2D eigenvalue weighted by Crippen LogP contribution is 2.27. The Morgan fingerprint density at radius 2 is 1.88 bits per heavy atom. The molecule has 0 atom stereocenters. The van der Waals surface area contributed by atoms with Gasteiger partial charge >= 0.3 is 0 Å². The van der Waals surface area contributed by atoms with Crippen molar-refractivity contribution in [3.63, 3.8) is 0 Å². The summed E-state index contributed by atoms with van der Waals surface area (Å²) in [5.41, 5.74) is 7.28. The van der Waals surface area contributed by atoms with E-state index in [9.17, 15) is 0 Å². The minimum Gasteiger partial charge on any atom is -0.381 e. The molecular formula is C13H16N2O2. The van der Waals surface area contributed by atoms with Crippen LogP contribution in [0.15, 0.2) is 34.9 Å². The standard InChI is InChI=1S/C13H16N2O2/c1-13(2,16-3)10-6-4-9(5-7-10)11-8-12(14)15-17-11/h4-8H,1-3H3,(H2,14,15). The lowest BCUT2D eigenvalue weighted by Crippen LogP contribution is -2.19. The van der Waals surface area contributed by atoms with E-state index in [0.29, 0.717) is 11.6 Å². The topological polar surface area (TPSA) is 61.3 Å². The van der Waals surface area contributed by atoms with Crippen molar-refractivity contribution >= 4 is 5.82 Å². The number of nitrogens with zero attached hydrogens (tertiary/aromatic N) is 1. The lowest BCUT2D eigenvalue weighted by molar-refractivity contribution is 0.0192. The molecule has 2 N–H and O–H groups in total. The smallest absolute Gasteiger partial charge is 0.169 e. The molecular weight excluding hydrogens is 216 g/mol. The minimum absolute atomic E-state index is 0.293. The molecule has 0 aliphatic carbocycles. The number of nitrogen functional groups attached to an aromatic ring is 1. The van der Waals surface area contributed by atoms with Crippen LogP contribution in [0.5, 0.6) is 0 Å². The first-order valence-electron chi connectivity index (χ1n) is 5.41. The number of ether oxygens (including phenoxy) is 1. The summed E-state index contributed by atoms with van der Waals surface area (Å²) in [5, 5.41) is 3.66. The molecule has 1 aromatic heterocycles. The summed E-state index contributed by atoms with van der Waals surface area (Å²) < 4.78 is 10.5. The molecule has 4 heteroatoms. The lowest BCUT2D eigenvalue weighted by Gasteiger charge is -2.23. The average molecular weight is 232 g/mol. The first kappa shape index (κ1) is 11.7. The number of hydrogen-bond donors (Lipinski definition) is 1. The summed E-state index contributed by atoms with van der Waals surface area (Å²) in [6.07, 6.45) is 0. The lowest BCUT2D eigenvalue weighted by atomic mass is 9.96.